The number of ether oxygens (including phenoxy) is 2. The van der Waals surface area contributed by atoms with E-state index in [1.54, 1.807) is 19.9 Å². The van der Waals surface area contributed by atoms with E-state index in [9.17, 15) is 16.8 Å². The molecule has 0 spiro atoms. The molecule has 24 heavy (non-hydrogen) atoms. The van der Waals surface area contributed by atoms with Gasteiger partial charge in [-0.3, -0.25) is 0 Å². The average Bonchev–Trinajstić information content (AvgIpc) is 2.49. The van der Waals surface area contributed by atoms with Crippen LogP contribution in [-0.2, 0) is 20.0 Å². The van der Waals surface area contributed by atoms with E-state index in [0.717, 1.165) is 6.26 Å². The van der Waals surface area contributed by atoms with Crippen LogP contribution in [0.2, 0.25) is 0 Å². The zero-order valence-corrected chi connectivity index (χ0v) is 15.5. The first-order valence-electron chi connectivity index (χ1n) is 7.47. The Morgan fingerprint density at radius 1 is 1.12 bits per heavy atom. The second-order valence-corrected chi connectivity index (χ2v) is 9.37. The van der Waals surface area contributed by atoms with Crippen LogP contribution in [0.25, 0.3) is 0 Å². The summed E-state index contributed by atoms with van der Waals surface area (Å²) in [4.78, 5) is 0.0437. The molecule has 0 unspecified atom stereocenters. The molecule has 1 N–H and O–H groups in total. The molecular formula is C14H22N2O6S2. The molecule has 1 aliphatic rings. The van der Waals surface area contributed by atoms with E-state index in [1.807, 2.05) is 0 Å². The molecule has 8 nitrogen and oxygen atoms in total. The van der Waals surface area contributed by atoms with Crippen molar-refractivity contribution >= 4 is 20.0 Å². The molecule has 0 radical (unpaired) electrons. The fraction of sp³-hybridized carbons (Fsp3) is 0.571. The minimum absolute atomic E-state index is 0.0258. The van der Waals surface area contributed by atoms with Gasteiger partial charge in [-0.05, 0) is 26.0 Å². The zero-order chi connectivity index (χ0) is 18.0. The summed E-state index contributed by atoms with van der Waals surface area (Å²) in [5.74, 6) is 0.882. The first-order chi connectivity index (χ1) is 11.1. The molecule has 1 aromatic carbocycles. The van der Waals surface area contributed by atoms with Crippen LogP contribution < -0.4 is 14.2 Å². The smallest absolute Gasteiger partial charge is 0.240 e. The summed E-state index contributed by atoms with van der Waals surface area (Å²) in [5.41, 5.74) is 0. The molecule has 1 heterocycles. The monoisotopic (exact) mass is 378 g/mol. The van der Waals surface area contributed by atoms with Gasteiger partial charge < -0.3 is 9.47 Å². The Labute approximate surface area is 142 Å². The van der Waals surface area contributed by atoms with Crippen LogP contribution in [0.3, 0.4) is 0 Å². The zero-order valence-electron chi connectivity index (χ0n) is 13.9. The standard InChI is InChI=1S/C14H22N2O6S2/c1-11(2)16(23(3,17)18)7-6-15-24(19,20)12-4-5-13-14(10-12)22-9-8-21-13/h4-5,10-11,15H,6-9H2,1-3H3. The summed E-state index contributed by atoms with van der Waals surface area (Å²) in [5, 5.41) is 0. The summed E-state index contributed by atoms with van der Waals surface area (Å²) in [6.45, 7) is 4.28. The van der Waals surface area contributed by atoms with Crippen molar-refractivity contribution in [2.24, 2.45) is 0 Å². The number of hydrogen-bond acceptors (Lipinski definition) is 6. The number of nitrogens with zero attached hydrogens (tertiary/aromatic N) is 1. The summed E-state index contributed by atoms with van der Waals surface area (Å²) < 4.78 is 62.4. The highest BCUT2D eigenvalue weighted by atomic mass is 32.2. The predicted octanol–water partition coefficient (Wildman–Crippen LogP) is 0.406. The third-order valence-corrected chi connectivity index (χ3v) is 6.37. The number of rotatable bonds is 7. The van der Waals surface area contributed by atoms with Crippen LogP contribution in [0.15, 0.2) is 23.1 Å². The first kappa shape index (κ1) is 19.0. The van der Waals surface area contributed by atoms with Gasteiger partial charge in [0.05, 0.1) is 11.2 Å². The molecular weight excluding hydrogens is 356 g/mol. The number of hydrogen-bond donors (Lipinski definition) is 1. The van der Waals surface area contributed by atoms with Gasteiger partial charge in [0.25, 0.3) is 0 Å². The van der Waals surface area contributed by atoms with Gasteiger partial charge in [0.2, 0.25) is 20.0 Å². The lowest BCUT2D eigenvalue weighted by molar-refractivity contribution is 0.171. The van der Waals surface area contributed by atoms with E-state index < -0.39 is 20.0 Å². The quantitative estimate of drug-likeness (QED) is 0.737. The summed E-state index contributed by atoms with van der Waals surface area (Å²) in [7, 11) is -7.16. The van der Waals surface area contributed by atoms with Crippen molar-refractivity contribution in [3.63, 3.8) is 0 Å². The lowest BCUT2D eigenvalue weighted by atomic mass is 10.3. The second kappa shape index (κ2) is 7.26. The number of sulfonamides is 2. The fourth-order valence-electron chi connectivity index (χ4n) is 2.37. The Bertz CT molecular complexity index is 789. The molecule has 0 saturated heterocycles. The van der Waals surface area contributed by atoms with Crippen LogP contribution >= 0.6 is 0 Å². The van der Waals surface area contributed by atoms with Gasteiger partial charge in [-0.1, -0.05) is 0 Å². The summed E-state index contributed by atoms with van der Waals surface area (Å²) in [6.07, 6.45) is 1.10. The normalized spacial score (nSPS) is 15.0. The fourth-order valence-corrected chi connectivity index (χ4v) is 4.60. The van der Waals surface area contributed by atoms with E-state index in [4.69, 9.17) is 9.47 Å². The maximum Gasteiger partial charge on any atom is 0.240 e. The molecule has 10 heteroatoms. The van der Waals surface area contributed by atoms with Crippen LogP contribution in [-0.4, -0.2) is 59.7 Å². The highest BCUT2D eigenvalue weighted by molar-refractivity contribution is 7.89. The highest BCUT2D eigenvalue weighted by Crippen LogP contribution is 2.32. The molecule has 0 bridgehead atoms. The Balaban J connectivity index is 2.06. The van der Waals surface area contributed by atoms with Crippen molar-refractivity contribution in [2.45, 2.75) is 24.8 Å². The Kier molecular flexibility index (Phi) is 5.74. The van der Waals surface area contributed by atoms with E-state index in [1.165, 1.54) is 16.4 Å². The van der Waals surface area contributed by atoms with Gasteiger partial charge in [0, 0.05) is 25.2 Å². The molecule has 0 aromatic heterocycles. The van der Waals surface area contributed by atoms with Gasteiger partial charge >= 0.3 is 0 Å². The van der Waals surface area contributed by atoms with Crippen molar-refractivity contribution in [1.29, 1.82) is 0 Å². The van der Waals surface area contributed by atoms with Gasteiger partial charge in [-0.15, -0.1) is 0 Å². The van der Waals surface area contributed by atoms with Gasteiger partial charge in [-0.2, -0.15) is 4.31 Å². The summed E-state index contributed by atoms with van der Waals surface area (Å²) >= 11 is 0. The molecule has 0 atom stereocenters. The summed E-state index contributed by atoms with van der Waals surface area (Å²) in [6, 6.07) is 4.11. The Morgan fingerprint density at radius 2 is 1.75 bits per heavy atom. The average molecular weight is 378 g/mol. The topological polar surface area (TPSA) is 102 Å². The first-order valence-corrected chi connectivity index (χ1v) is 10.8. The molecule has 0 fully saturated rings. The molecule has 1 aromatic rings. The molecule has 2 rings (SSSR count). The lowest BCUT2D eigenvalue weighted by Gasteiger charge is -2.24. The van der Waals surface area contributed by atoms with Crippen molar-refractivity contribution in [2.75, 3.05) is 32.6 Å². The molecule has 1 aliphatic heterocycles. The Hall–Kier alpha value is -1.36. The maximum atomic E-state index is 12.3. The van der Waals surface area contributed by atoms with Gasteiger partial charge in [0.15, 0.2) is 11.5 Å². The van der Waals surface area contributed by atoms with Crippen molar-refractivity contribution in [1.82, 2.24) is 9.03 Å². The minimum Gasteiger partial charge on any atom is -0.486 e. The lowest BCUT2D eigenvalue weighted by Crippen LogP contribution is -2.41. The van der Waals surface area contributed by atoms with E-state index in [-0.39, 0.29) is 24.0 Å². The highest BCUT2D eigenvalue weighted by Gasteiger charge is 2.22. The minimum atomic E-state index is -3.77. The van der Waals surface area contributed by atoms with Gasteiger partial charge in [-0.25, -0.2) is 21.6 Å². The van der Waals surface area contributed by atoms with Gasteiger partial charge in [0.1, 0.15) is 13.2 Å². The van der Waals surface area contributed by atoms with Crippen molar-refractivity contribution in [3.8, 4) is 11.5 Å². The van der Waals surface area contributed by atoms with E-state index >= 15 is 0 Å². The molecule has 0 saturated carbocycles. The second-order valence-electron chi connectivity index (χ2n) is 5.67. The number of benzene rings is 1. The van der Waals surface area contributed by atoms with Crippen LogP contribution in [0.1, 0.15) is 13.8 Å². The van der Waals surface area contributed by atoms with Crippen molar-refractivity contribution in [3.05, 3.63) is 18.2 Å². The van der Waals surface area contributed by atoms with Crippen LogP contribution in [0, 0.1) is 0 Å². The number of nitrogens with one attached hydrogen (secondary N) is 1. The molecule has 136 valence electrons. The van der Waals surface area contributed by atoms with E-state index in [0.29, 0.717) is 24.7 Å². The number of fused-ring (bicyclic) bond motifs is 1. The third kappa shape index (κ3) is 4.59. The van der Waals surface area contributed by atoms with Crippen LogP contribution in [0.4, 0.5) is 0 Å². The third-order valence-electron chi connectivity index (χ3n) is 3.45. The largest absolute Gasteiger partial charge is 0.486 e. The molecule has 0 aliphatic carbocycles. The van der Waals surface area contributed by atoms with E-state index in [2.05, 4.69) is 4.72 Å². The maximum absolute atomic E-state index is 12.3. The van der Waals surface area contributed by atoms with Crippen molar-refractivity contribution < 1.29 is 26.3 Å². The predicted molar refractivity (Wildman–Crippen MR) is 89.3 cm³/mol. The SMILES string of the molecule is CC(C)N(CCNS(=O)(=O)c1ccc2c(c1)OCCO2)S(C)(=O)=O. The van der Waals surface area contributed by atoms with Crippen LogP contribution in [0.5, 0.6) is 11.5 Å². The molecule has 0 amide bonds. The Morgan fingerprint density at radius 3 is 2.33 bits per heavy atom.